The molecule has 0 radical (unpaired) electrons. The molecule has 130 valence electrons. The summed E-state index contributed by atoms with van der Waals surface area (Å²) < 4.78 is 11.3. The molecule has 0 aliphatic carbocycles. The lowest BCUT2D eigenvalue weighted by Gasteiger charge is -2.24. The van der Waals surface area contributed by atoms with Crippen LogP contribution in [0.3, 0.4) is 0 Å². The van der Waals surface area contributed by atoms with E-state index in [-0.39, 0.29) is 6.09 Å². The third-order valence-corrected chi connectivity index (χ3v) is 3.63. The first-order valence-electron chi connectivity index (χ1n) is 7.45. The fourth-order valence-electron chi connectivity index (χ4n) is 1.87. The van der Waals surface area contributed by atoms with Gasteiger partial charge in [-0.1, -0.05) is 0 Å². The monoisotopic (exact) mass is 387 g/mol. The third kappa shape index (κ3) is 6.56. The van der Waals surface area contributed by atoms with Crippen LogP contribution in [0.15, 0.2) is 16.6 Å². The smallest absolute Gasteiger partial charge is 0.410 e. The van der Waals surface area contributed by atoms with Gasteiger partial charge in [-0.15, -0.1) is 0 Å². The molecule has 1 amide bonds. The van der Waals surface area contributed by atoms with Crippen LogP contribution in [-0.4, -0.2) is 43.8 Å². The Morgan fingerprint density at radius 2 is 2.04 bits per heavy atom. The van der Waals surface area contributed by atoms with E-state index in [2.05, 4.69) is 21.2 Å². The molecular formula is C16H26BrN3O3. The number of benzene rings is 1. The van der Waals surface area contributed by atoms with Gasteiger partial charge in [-0.3, -0.25) is 0 Å². The lowest BCUT2D eigenvalue weighted by atomic mass is 10.2. The Balaban J connectivity index is 2.45. The molecule has 0 aliphatic rings. The number of anilines is 2. The van der Waals surface area contributed by atoms with Crippen LogP contribution < -0.4 is 15.8 Å². The topological polar surface area (TPSA) is 76.8 Å². The van der Waals surface area contributed by atoms with Crippen molar-refractivity contribution in [2.45, 2.75) is 32.8 Å². The first-order chi connectivity index (χ1) is 10.6. The Bertz CT molecular complexity index is 521. The van der Waals surface area contributed by atoms with Crippen LogP contribution in [0.5, 0.6) is 5.75 Å². The predicted molar refractivity (Wildman–Crippen MR) is 97.1 cm³/mol. The van der Waals surface area contributed by atoms with Crippen molar-refractivity contribution < 1.29 is 14.3 Å². The summed E-state index contributed by atoms with van der Waals surface area (Å²) in [7, 11) is 3.33. The molecule has 0 saturated heterocycles. The first kappa shape index (κ1) is 19.4. The van der Waals surface area contributed by atoms with Crippen molar-refractivity contribution in [3.63, 3.8) is 0 Å². The number of amides is 1. The largest absolute Gasteiger partial charge is 0.497 e. The van der Waals surface area contributed by atoms with Crippen LogP contribution in [0.25, 0.3) is 0 Å². The fraction of sp³-hybridized carbons (Fsp3) is 0.562. The summed E-state index contributed by atoms with van der Waals surface area (Å²) in [5.74, 6) is 0.699. The molecule has 0 spiro atoms. The summed E-state index contributed by atoms with van der Waals surface area (Å²) in [4.78, 5) is 13.4. The maximum atomic E-state index is 11.8. The summed E-state index contributed by atoms with van der Waals surface area (Å²) in [5, 5.41) is 3.27. The Morgan fingerprint density at radius 3 is 2.57 bits per heavy atom. The number of hydrogen-bond acceptors (Lipinski definition) is 5. The van der Waals surface area contributed by atoms with Gasteiger partial charge in [0.15, 0.2) is 0 Å². The van der Waals surface area contributed by atoms with Gasteiger partial charge in [0.2, 0.25) is 0 Å². The molecule has 1 aromatic rings. The van der Waals surface area contributed by atoms with E-state index in [1.807, 2.05) is 26.8 Å². The molecule has 0 aliphatic heterocycles. The number of nitrogen functional groups attached to an aromatic ring is 1. The van der Waals surface area contributed by atoms with E-state index >= 15 is 0 Å². The number of nitrogens with two attached hydrogens (primary N) is 1. The van der Waals surface area contributed by atoms with Crippen LogP contribution >= 0.6 is 15.9 Å². The minimum Gasteiger partial charge on any atom is -0.497 e. The van der Waals surface area contributed by atoms with Crippen molar-refractivity contribution in [3.8, 4) is 5.75 Å². The molecule has 6 nitrogen and oxygen atoms in total. The van der Waals surface area contributed by atoms with Gasteiger partial charge in [0.25, 0.3) is 0 Å². The standard InChI is InChI=1S/C16H26BrN3O3/c1-16(2,3)23-15(21)20(4)8-6-7-19-14-12(17)9-11(22-5)10-13(14)18/h9-10,19H,6-8,18H2,1-5H3. The minimum absolute atomic E-state index is 0.317. The zero-order chi connectivity index (χ0) is 17.6. The zero-order valence-corrected chi connectivity index (χ0v) is 16.0. The summed E-state index contributed by atoms with van der Waals surface area (Å²) in [6.45, 7) is 6.83. The van der Waals surface area contributed by atoms with Crippen molar-refractivity contribution in [2.75, 3.05) is 38.3 Å². The normalized spacial score (nSPS) is 11.0. The van der Waals surface area contributed by atoms with Gasteiger partial charge in [-0.2, -0.15) is 0 Å². The molecule has 0 fully saturated rings. The van der Waals surface area contributed by atoms with E-state index < -0.39 is 5.60 Å². The van der Waals surface area contributed by atoms with E-state index in [9.17, 15) is 4.79 Å². The number of hydrogen-bond donors (Lipinski definition) is 2. The molecule has 0 heterocycles. The van der Waals surface area contributed by atoms with Gasteiger partial charge in [0.05, 0.1) is 18.5 Å². The number of carbonyl (C=O) groups excluding carboxylic acids is 1. The Hall–Kier alpha value is -1.63. The van der Waals surface area contributed by atoms with E-state index in [0.29, 0.717) is 24.5 Å². The molecule has 23 heavy (non-hydrogen) atoms. The first-order valence-corrected chi connectivity index (χ1v) is 8.24. The van der Waals surface area contributed by atoms with Gasteiger partial charge >= 0.3 is 6.09 Å². The predicted octanol–water partition coefficient (Wildman–Crippen LogP) is 3.71. The van der Waals surface area contributed by atoms with Gasteiger partial charge in [-0.25, -0.2) is 4.79 Å². The molecule has 0 unspecified atom stereocenters. The van der Waals surface area contributed by atoms with Crippen molar-refractivity contribution in [1.29, 1.82) is 0 Å². The number of rotatable bonds is 6. The number of ether oxygens (including phenoxy) is 2. The van der Waals surface area contributed by atoms with Gasteiger partial charge < -0.3 is 25.4 Å². The van der Waals surface area contributed by atoms with E-state index in [0.717, 1.165) is 16.6 Å². The molecule has 0 bridgehead atoms. The number of carbonyl (C=O) groups is 1. The van der Waals surface area contributed by atoms with Crippen molar-refractivity contribution in [1.82, 2.24) is 4.90 Å². The highest BCUT2D eigenvalue weighted by atomic mass is 79.9. The highest BCUT2D eigenvalue weighted by Crippen LogP contribution is 2.33. The average Bonchev–Trinajstić information content (AvgIpc) is 2.43. The van der Waals surface area contributed by atoms with E-state index in [4.69, 9.17) is 15.2 Å². The van der Waals surface area contributed by atoms with Gasteiger partial charge in [0, 0.05) is 30.7 Å². The van der Waals surface area contributed by atoms with Crippen LogP contribution in [0.1, 0.15) is 27.2 Å². The average molecular weight is 388 g/mol. The van der Waals surface area contributed by atoms with Crippen molar-refractivity contribution >= 4 is 33.4 Å². The Morgan fingerprint density at radius 1 is 1.39 bits per heavy atom. The number of nitrogens with zero attached hydrogens (tertiary/aromatic N) is 1. The molecule has 7 heteroatoms. The second-order valence-electron chi connectivity index (χ2n) is 6.26. The molecule has 0 atom stereocenters. The summed E-state index contributed by atoms with van der Waals surface area (Å²) >= 11 is 3.47. The Labute approximate surface area is 146 Å². The minimum atomic E-state index is -0.480. The number of methoxy groups -OCH3 is 1. The van der Waals surface area contributed by atoms with Gasteiger partial charge in [-0.05, 0) is 49.2 Å². The second-order valence-corrected chi connectivity index (χ2v) is 7.11. The molecule has 1 aromatic carbocycles. The van der Waals surface area contributed by atoms with Crippen LogP contribution in [0.2, 0.25) is 0 Å². The van der Waals surface area contributed by atoms with Crippen LogP contribution in [-0.2, 0) is 4.74 Å². The lowest BCUT2D eigenvalue weighted by molar-refractivity contribution is 0.0298. The van der Waals surface area contributed by atoms with E-state index in [1.165, 1.54) is 0 Å². The Kier molecular flexibility index (Phi) is 7.00. The molecule has 3 N–H and O–H groups in total. The maximum absolute atomic E-state index is 11.8. The summed E-state index contributed by atoms with van der Waals surface area (Å²) in [5.41, 5.74) is 6.95. The zero-order valence-electron chi connectivity index (χ0n) is 14.4. The highest BCUT2D eigenvalue weighted by Gasteiger charge is 2.19. The van der Waals surface area contributed by atoms with Crippen molar-refractivity contribution in [2.24, 2.45) is 0 Å². The maximum Gasteiger partial charge on any atom is 0.410 e. The SMILES string of the molecule is COc1cc(N)c(NCCCN(C)C(=O)OC(C)(C)C)c(Br)c1. The van der Waals surface area contributed by atoms with E-state index in [1.54, 1.807) is 25.1 Å². The molecule has 1 rings (SSSR count). The van der Waals surface area contributed by atoms with Crippen LogP contribution in [0, 0.1) is 0 Å². The second kappa shape index (κ2) is 8.29. The van der Waals surface area contributed by atoms with Crippen molar-refractivity contribution in [3.05, 3.63) is 16.6 Å². The number of nitrogens with one attached hydrogen (secondary N) is 1. The third-order valence-electron chi connectivity index (χ3n) is 3.01. The van der Waals surface area contributed by atoms with Gasteiger partial charge in [0.1, 0.15) is 11.4 Å². The lowest BCUT2D eigenvalue weighted by Crippen LogP contribution is -2.35. The molecule has 0 aromatic heterocycles. The summed E-state index contributed by atoms with van der Waals surface area (Å²) in [6.07, 6.45) is 0.454. The highest BCUT2D eigenvalue weighted by molar-refractivity contribution is 9.10. The quantitative estimate of drug-likeness (QED) is 0.574. The summed E-state index contributed by atoms with van der Waals surface area (Å²) in [6, 6.07) is 3.62. The number of halogens is 1. The van der Waals surface area contributed by atoms with Crippen LogP contribution in [0.4, 0.5) is 16.2 Å². The molecular weight excluding hydrogens is 362 g/mol. The molecule has 0 saturated carbocycles. The fourth-order valence-corrected chi connectivity index (χ4v) is 2.46.